The minimum atomic E-state index is -4.66. The van der Waals surface area contributed by atoms with Crippen molar-refractivity contribution in [2.24, 2.45) is 0 Å². The third-order valence-electron chi connectivity index (χ3n) is 2.65. The van der Waals surface area contributed by atoms with Crippen molar-refractivity contribution < 1.29 is 18.3 Å². The maximum absolute atomic E-state index is 12.6. The van der Waals surface area contributed by atoms with Crippen molar-refractivity contribution in [1.82, 2.24) is 0 Å². The van der Waals surface area contributed by atoms with Gasteiger partial charge in [-0.1, -0.05) is 54.6 Å². The standard InChI is InChI=1S/C14H11F3O/c15-14(16,17)13(18)12-9-5-4-8-11(12)10-6-2-1-3-7-10/h1-9,13,18H. The first-order chi connectivity index (χ1) is 8.50. The first kappa shape index (κ1) is 12.6. The number of alkyl halides is 3. The number of hydrogen-bond donors (Lipinski definition) is 1. The van der Waals surface area contributed by atoms with Crippen LogP contribution in [0.5, 0.6) is 0 Å². The van der Waals surface area contributed by atoms with Crippen LogP contribution in [0.3, 0.4) is 0 Å². The molecule has 0 aliphatic heterocycles. The van der Waals surface area contributed by atoms with Gasteiger partial charge in [0.2, 0.25) is 0 Å². The van der Waals surface area contributed by atoms with E-state index in [0.717, 1.165) is 0 Å². The quantitative estimate of drug-likeness (QED) is 0.858. The Hall–Kier alpha value is -1.81. The molecule has 0 heterocycles. The molecule has 0 aromatic heterocycles. The van der Waals surface area contributed by atoms with Crippen LogP contribution in [0.4, 0.5) is 13.2 Å². The summed E-state index contributed by atoms with van der Waals surface area (Å²) in [5, 5.41) is 9.37. The molecular formula is C14H11F3O. The van der Waals surface area contributed by atoms with Gasteiger partial charge in [-0.3, -0.25) is 0 Å². The predicted molar refractivity (Wildman–Crippen MR) is 62.9 cm³/mol. The number of benzene rings is 2. The van der Waals surface area contributed by atoms with Crippen LogP contribution < -0.4 is 0 Å². The summed E-state index contributed by atoms with van der Waals surface area (Å²) in [4.78, 5) is 0. The van der Waals surface area contributed by atoms with E-state index in [1.54, 1.807) is 42.5 Å². The molecule has 18 heavy (non-hydrogen) atoms. The molecule has 0 aliphatic carbocycles. The number of aliphatic hydroxyl groups excluding tert-OH is 1. The summed E-state index contributed by atoms with van der Waals surface area (Å²) in [5.41, 5.74) is 0.913. The summed E-state index contributed by atoms with van der Waals surface area (Å²) >= 11 is 0. The van der Waals surface area contributed by atoms with Crippen LogP contribution in [-0.2, 0) is 0 Å². The highest BCUT2D eigenvalue weighted by Gasteiger charge is 2.40. The lowest BCUT2D eigenvalue weighted by Crippen LogP contribution is -2.20. The number of aliphatic hydroxyl groups is 1. The van der Waals surface area contributed by atoms with Crippen LogP contribution in [0.2, 0.25) is 0 Å². The largest absolute Gasteiger partial charge is 0.418 e. The molecule has 2 aromatic rings. The second-order valence-corrected chi connectivity index (χ2v) is 3.90. The average molecular weight is 252 g/mol. The Bertz CT molecular complexity index is 520. The van der Waals surface area contributed by atoms with Gasteiger partial charge in [-0.2, -0.15) is 13.2 Å². The van der Waals surface area contributed by atoms with Crippen LogP contribution in [0.25, 0.3) is 11.1 Å². The van der Waals surface area contributed by atoms with Gasteiger partial charge in [-0.15, -0.1) is 0 Å². The van der Waals surface area contributed by atoms with Gasteiger partial charge in [-0.05, 0) is 16.7 Å². The summed E-state index contributed by atoms with van der Waals surface area (Å²) in [6, 6.07) is 14.7. The summed E-state index contributed by atoms with van der Waals surface area (Å²) in [6.45, 7) is 0. The Morgan fingerprint density at radius 2 is 1.39 bits per heavy atom. The van der Waals surface area contributed by atoms with Gasteiger partial charge < -0.3 is 5.11 Å². The number of hydrogen-bond acceptors (Lipinski definition) is 1. The summed E-state index contributed by atoms with van der Waals surface area (Å²) in [7, 11) is 0. The van der Waals surface area contributed by atoms with E-state index in [9.17, 15) is 18.3 Å². The smallest absolute Gasteiger partial charge is 0.379 e. The van der Waals surface area contributed by atoms with Gasteiger partial charge in [0.15, 0.2) is 6.10 Å². The van der Waals surface area contributed by atoms with E-state index >= 15 is 0 Å². The number of rotatable bonds is 2. The zero-order chi connectivity index (χ0) is 13.2. The molecule has 0 saturated heterocycles. The van der Waals surface area contributed by atoms with Gasteiger partial charge in [-0.25, -0.2) is 0 Å². The molecule has 0 fully saturated rings. The van der Waals surface area contributed by atoms with Crippen LogP contribution in [0, 0.1) is 0 Å². The summed E-state index contributed by atoms with van der Waals surface area (Å²) in [6.07, 6.45) is -7.13. The summed E-state index contributed by atoms with van der Waals surface area (Å²) < 4.78 is 37.7. The van der Waals surface area contributed by atoms with Gasteiger partial charge in [0.25, 0.3) is 0 Å². The van der Waals surface area contributed by atoms with E-state index in [4.69, 9.17) is 0 Å². The Kier molecular flexibility index (Phi) is 3.39. The van der Waals surface area contributed by atoms with Gasteiger partial charge in [0.05, 0.1) is 0 Å². The van der Waals surface area contributed by atoms with E-state index in [1.165, 1.54) is 12.1 Å². The minimum Gasteiger partial charge on any atom is -0.379 e. The molecule has 1 unspecified atom stereocenters. The zero-order valence-electron chi connectivity index (χ0n) is 9.35. The molecule has 2 rings (SSSR count). The van der Waals surface area contributed by atoms with Crippen molar-refractivity contribution in [2.75, 3.05) is 0 Å². The molecule has 0 spiro atoms. The Balaban J connectivity index is 2.51. The van der Waals surface area contributed by atoms with E-state index in [1.807, 2.05) is 0 Å². The lowest BCUT2D eigenvalue weighted by Gasteiger charge is -2.18. The SMILES string of the molecule is OC(c1ccccc1-c1ccccc1)C(F)(F)F. The van der Waals surface area contributed by atoms with Crippen LogP contribution in [0.15, 0.2) is 54.6 Å². The van der Waals surface area contributed by atoms with E-state index in [0.29, 0.717) is 11.1 Å². The maximum atomic E-state index is 12.6. The Labute approximate surface area is 103 Å². The third-order valence-corrected chi connectivity index (χ3v) is 2.65. The van der Waals surface area contributed by atoms with Crippen LogP contribution >= 0.6 is 0 Å². The summed E-state index contributed by atoms with van der Waals surface area (Å²) in [5.74, 6) is 0. The van der Waals surface area contributed by atoms with Crippen molar-refractivity contribution in [2.45, 2.75) is 12.3 Å². The lowest BCUT2D eigenvalue weighted by atomic mass is 9.96. The molecule has 94 valence electrons. The first-order valence-corrected chi connectivity index (χ1v) is 5.39. The highest BCUT2D eigenvalue weighted by Crippen LogP contribution is 2.37. The molecular weight excluding hydrogens is 241 g/mol. The molecule has 1 N–H and O–H groups in total. The monoisotopic (exact) mass is 252 g/mol. The Morgan fingerprint density at radius 1 is 0.833 bits per heavy atom. The molecule has 0 bridgehead atoms. The van der Waals surface area contributed by atoms with Gasteiger partial charge >= 0.3 is 6.18 Å². The highest BCUT2D eigenvalue weighted by atomic mass is 19.4. The molecule has 0 radical (unpaired) electrons. The zero-order valence-corrected chi connectivity index (χ0v) is 9.35. The molecule has 0 saturated carbocycles. The second kappa shape index (κ2) is 4.82. The fraction of sp³-hybridized carbons (Fsp3) is 0.143. The molecule has 1 atom stereocenters. The van der Waals surface area contributed by atoms with Crippen molar-refractivity contribution in [3.8, 4) is 11.1 Å². The molecule has 1 nitrogen and oxygen atoms in total. The number of halogens is 3. The average Bonchev–Trinajstić information content (AvgIpc) is 2.38. The molecule has 0 amide bonds. The second-order valence-electron chi connectivity index (χ2n) is 3.90. The van der Waals surface area contributed by atoms with Crippen molar-refractivity contribution >= 4 is 0 Å². The van der Waals surface area contributed by atoms with Crippen molar-refractivity contribution in [3.63, 3.8) is 0 Å². The third kappa shape index (κ3) is 2.54. The first-order valence-electron chi connectivity index (χ1n) is 5.39. The lowest BCUT2D eigenvalue weighted by molar-refractivity contribution is -0.206. The molecule has 0 aliphatic rings. The fourth-order valence-corrected chi connectivity index (χ4v) is 1.79. The van der Waals surface area contributed by atoms with Gasteiger partial charge in [0.1, 0.15) is 0 Å². The minimum absolute atomic E-state index is 0.129. The normalized spacial score (nSPS) is 13.3. The van der Waals surface area contributed by atoms with Crippen LogP contribution in [0.1, 0.15) is 11.7 Å². The predicted octanol–water partition coefficient (Wildman–Crippen LogP) is 3.95. The van der Waals surface area contributed by atoms with Crippen molar-refractivity contribution in [1.29, 1.82) is 0 Å². The fourth-order valence-electron chi connectivity index (χ4n) is 1.79. The Morgan fingerprint density at radius 3 is 2.00 bits per heavy atom. The molecule has 4 heteroatoms. The van der Waals surface area contributed by atoms with E-state index in [2.05, 4.69) is 0 Å². The topological polar surface area (TPSA) is 20.2 Å². The van der Waals surface area contributed by atoms with E-state index in [-0.39, 0.29) is 5.56 Å². The highest BCUT2D eigenvalue weighted by molar-refractivity contribution is 5.67. The molecule has 2 aromatic carbocycles. The van der Waals surface area contributed by atoms with Crippen LogP contribution in [-0.4, -0.2) is 11.3 Å². The maximum Gasteiger partial charge on any atom is 0.418 e. The van der Waals surface area contributed by atoms with Gasteiger partial charge in [0, 0.05) is 0 Å². The van der Waals surface area contributed by atoms with Crippen molar-refractivity contribution in [3.05, 3.63) is 60.2 Å². The van der Waals surface area contributed by atoms with E-state index < -0.39 is 12.3 Å².